The molecule has 0 radical (unpaired) electrons. The van der Waals surface area contributed by atoms with Gasteiger partial charge in [-0.05, 0) is 12.8 Å². The summed E-state index contributed by atoms with van der Waals surface area (Å²) in [6.45, 7) is 1.48. The zero-order valence-corrected chi connectivity index (χ0v) is 10.2. The summed E-state index contributed by atoms with van der Waals surface area (Å²) in [6.07, 6.45) is 2.09. The summed E-state index contributed by atoms with van der Waals surface area (Å²) >= 11 is 0. The van der Waals surface area contributed by atoms with Gasteiger partial charge in [0.15, 0.2) is 0 Å². The second-order valence-electron chi connectivity index (χ2n) is 4.59. The molecule has 0 aromatic carbocycles. The van der Waals surface area contributed by atoms with Crippen LogP contribution in [0.4, 0.5) is 0 Å². The smallest absolute Gasteiger partial charge is 0.311 e. The second kappa shape index (κ2) is 5.16. The van der Waals surface area contributed by atoms with Crippen LogP contribution in [0.5, 0.6) is 0 Å². The molecule has 0 unspecified atom stereocenters. The largest absolute Gasteiger partial charge is 0.481 e. The van der Waals surface area contributed by atoms with Crippen LogP contribution >= 0.6 is 0 Å². The fourth-order valence-electron chi connectivity index (χ4n) is 1.72. The van der Waals surface area contributed by atoms with Crippen molar-refractivity contribution in [3.8, 4) is 0 Å². The summed E-state index contributed by atoms with van der Waals surface area (Å²) in [4.78, 5) is 34.7. The van der Waals surface area contributed by atoms with E-state index >= 15 is 0 Å². The van der Waals surface area contributed by atoms with Crippen LogP contribution in [0.1, 0.15) is 26.2 Å². The van der Waals surface area contributed by atoms with E-state index in [4.69, 9.17) is 5.11 Å². The van der Waals surface area contributed by atoms with Crippen LogP contribution in [0.2, 0.25) is 0 Å². The van der Waals surface area contributed by atoms with E-state index in [2.05, 4.69) is 5.32 Å². The lowest BCUT2D eigenvalue weighted by Gasteiger charge is -2.37. The molecule has 0 heterocycles. The van der Waals surface area contributed by atoms with E-state index in [1.54, 1.807) is 0 Å². The number of carboxylic acids is 1. The lowest BCUT2D eigenvalue weighted by atomic mass is 9.69. The number of likely N-dealkylation sites (N-methyl/N-ethyl adjacent to an activating group) is 1. The molecule has 0 aliphatic heterocycles. The molecule has 0 aromatic heterocycles. The fraction of sp³-hybridized carbons (Fsp3) is 0.727. The maximum atomic E-state index is 11.5. The molecule has 0 saturated heterocycles. The quantitative estimate of drug-likeness (QED) is 0.701. The van der Waals surface area contributed by atoms with Crippen molar-refractivity contribution in [2.75, 3.05) is 20.1 Å². The monoisotopic (exact) mass is 242 g/mol. The summed E-state index contributed by atoms with van der Waals surface area (Å²) in [5, 5.41) is 11.6. The number of hydrogen-bond acceptors (Lipinski definition) is 3. The van der Waals surface area contributed by atoms with Gasteiger partial charge in [-0.1, -0.05) is 6.42 Å². The molecule has 1 aliphatic rings. The number of carbonyl (C=O) groups excluding carboxylic acids is 2. The van der Waals surface area contributed by atoms with Gasteiger partial charge in [0.2, 0.25) is 11.8 Å². The minimum Gasteiger partial charge on any atom is -0.481 e. The van der Waals surface area contributed by atoms with Crippen LogP contribution in [-0.2, 0) is 14.4 Å². The zero-order chi connectivity index (χ0) is 13.1. The lowest BCUT2D eigenvalue weighted by molar-refractivity contribution is -0.154. The molecule has 96 valence electrons. The molecule has 17 heavy (non-hydrogen) atoms. The van der Waals surface area contributed by atoms with Gasteiger partial charge in [-0.2, -0.15) is 0 Å². The summed E-state index contributed by atoms with van der Waals surface area (Å²) in [5.41, 5.74) is -0.787. The van der Waals surface area contributed by atoms with Gasteiger partial charge >= 0.3 is 5.97 Å². The normalized spacial score (nSPS) is 16.8. The maximum Gasteiger partial charge on any atom is 0.311 e. The van der Waals surface area contributed by atoms with Crippen molar-refractivity contribution in [2.45, 2.75) is 26.2 Å². The Hall–Kier alpha value is -1.59. The Morgan fingerprint density at radius 2 is 1.94 bits per heavy atom. The molecule has 6 heteroatoms. The zero-order valence-electron chi connectivity index (χ0n) is 10.2. The van der Waals surface area contributed by atoms with E-state index in [-0.39, 0.29) is 24.9 Å². The molecule has 1 rings (SSSR count). The van der Waals surface area contributed by atoms with Crippen molar-refractivity contribution in [3.63, 3.8) is 0 Å². The molecule has 2 amide bonds. The molecule has 0 spiro atoms. The van der Waals surface area contributed by atoms with Crippen molar-refractivity contribution in [3.05, 3.63) is 0 Å². The molecule has 1 saturated carbocycles. The van der Waals surface area contributed by atoms with Crippen molar-refractivity contribution in [1.82, 2.24) is 10.2 Å². The predicted molar refractivity (Wildman–Crippen MR) is 60.2 cm³/mol. The van der Waals surface area contributed by atoms with Crippen molar-refractivity contribution < 1.29 is 19.5 Å². The molecule has 0 atom stereocenters. The number of rotatable bonds is 5. The minimum absolute atomic E-state index is 0.0367. The average molecular weight is 242 g/mol. The lowest BCUT2D eigenvalue weighted by Crippen LogP contribution is -2.49. The number of aliphatic carboxylic acids is 1. The van der Waals surface area contributed by atoms with Gasteiger partial charge < -0.3 is 15.3 Å². The first-order chi connectivity index (χ1) is 7.87. The Morgan fingerprint density at radius 3 is 2.29 bits per heavy atom. The second-order valence-corrected chi connectivity index (χ2v) is 4.59. The Balaban J connectivity index is 2.37. The van der Waals surface area contributed by atoms with Crippen molar-refractivity contribution in [2.24, 2.45) is 5.41 Å². The van der Waals surface area contributed by atoms with Crippen LogP contribution in [0.25, 0.3) is 0 Å². The number of nitrogens with one attached hydrogen (secondary N) is 1. The summed E-state index contributed by atoms with van der Waals surface area (Å²) < 4.78 is 0. The van der Waals surface area contributed by atoms with Gasteiger partial charge in [0.1, 0.15) is 0 Å². The molecular formula is C11H18N2O4. The molecule has 6 nitrogen and oxygen atoms in total. The van der Waals surface area contributed by atoms with E-state index in [9.17, 15) is 14.4 Å². The molecule has 2 N–H and O–H groups in total. The topological polar surface area (TPSA) is 86.7 Å². The first-order valence-corrected chi connectivity index (χ1v) is 5.59. The van der Waals surface area contributed by atoms with Gasteiger partial charge in [-0.25, -0.2) is 0 Å². The molecule has 0 aromatic rings. The number of nitrogens with zero attached hydrogens (tertiary/aromatic N) is 1. The third-order valence-corrected chi connectivity index (χ3v) is 3.31. The van der Waals surface area contributed by atoms with Crippen LogP contribution < -0.4 is 5.32 Å². The number of carbonyl (C=O) groups is 3. The van der Waals surface area contributed by atoms with Crippen LogP contribution in [0, 0.1) is 5.41 Å². The highest BCUT2D eigenvalue weighted by Gasteiger charge is 2.44. The summed E-state index contributed by atoms with van der Waals surface area (Å²) in [5.74, 6) is -1.38. The van der Waals surface area contributed by atoms with Crippen LogP contribution in [0.15, 0.2) is 0 Å². The maximum absolute atomic E-state index is 11.5. The highest BCUT2D eigenvalue weighted by atomic mass is 16.4. The van der Waals surface area contributed by atoms with E-state index in [0.29, 0.717) is 12.8 Å². The number of hydrogen-bond donors (Lipinski definition) is 2. The third-order valence-electron chi connectivity index (χ3n) is 3.31. The number of carboxylic acid groups (broad SMARTS) is 1. The third kappa shape index (κ3) is 3.18. The summed E-state index contributed by atoms with van der Waals surface area (Å²) in [6, 6.07) is 0. The van der Waals surface area contributed by atoms with Gasteiger partial charge in [0.05, 0.1) is 12.0 Å². The Morgan fingerprint density at radius 1 is 1.35 bits per heavy atom. The Labute approximate surface area is 100.0 Å². The first kappa shape index (κ1) is 13.5. The Bertz CT molecular complexity index is 336. The molecule has 1 fully saturated rings. The van der Waals surface area contributed by atoms with Crippen LogP contribution in [-0.4, -0.2) is 47.9 Å². The Kier molecular flexibility index (Phi) is 4.09. The fourth-order valence-corrected chi connectivity index (χ4v) is 1.72. The van der Waals surface area contributed by atoms with E-state index < -0.39 is 11.4 Å². The van der Waals surface area contributed by atoms with Gasteiger partial charge in [-0.15, -0.1) is 0 Å². The van der Waals surface area contributed by atoms with Gasteiger partial charge in [-0.3, -0.25) is 14.4 Å². The van der Waals surface area contributed by atoms with Crippen molar-refractivity contribution in [1.29, 1.82) is 0 Å². The standard InChI is InChI=1S/C11H18N2O4/c1-8(14)13(2)6-9(15)12-7-11(10(16)17)4-3-5-11/h3-7H2,1-2H3,(H,12,15)(H,16,17). The van der Waals surface area contributed by atoms with E-state index in [1.165, 1.54) is 18.9 Å². The minimum atomic E-state index is -0.857. The summed E-state index contributed by atoms with van der Waals surface area (Å²) in [7, 11) is 1.53. The SMILES string of the molecule is CC(=O)N(C)CC(=O)NCC1(C(=O)O)CCC1. The predicted octanol–water partition coefficient (Wildman–Crippen LogP) is -0.164. The number of amides is 2. The van der Waals surface area contributed by atoms with Crippen LogP contribution in [0.3, 0.4) is 0 Å². The molecule has 1 aliphatic carbocycles. The highest BCUT2D eigenvalue weighted by molar-refractivity contribution is 5.84. The first-order valence-electron chi connectivity index (χ1n) is 5.59. The molecular weight excluding hydrogens is 224 g/mol. The van der Waals surface area contributed by atoms with Gasteiger partial charge in [0, 0.05) is 20.5 Å². The van der Waals surface area contributed by atoms with Crippen molar-refractivity contribution >= 4 is 17.8 Å². The van der Waals surface area contributed by atoms with E-state index in [0.717, 1.165) is 6.42 Å². The van der Waals surface area contributed by atoms with Gasteiger partial charge in [0.25, 0.3) is 0 Å². The average Bonchev–Trinajstić information content (AvgIpc) is 2.14. The highest BCUT2D eigenvalue weighted by Crippen LogP contribution is 2.40. The molecule has 0 bridgehead atoms. The van der Waals surface area contributed by atoms with E-state index in [1.807, 2.05) is 0 Å².